The van der Waals surface area contributed by atoms with Crippen LogP contribution < -0.4 is 5.73 Å². The molecule has 4 nitrogen and oxygen atoms in total. The van der Waals surface area contributed by atoms with Gasteiger partial charge in [-0.05, 0) is 0 Å². The molecule has 1 heterocycles. The zero-order valence-electron chi connectivity index (χ0n) is 7.63. The van der Waals surface area contributed by atoms with Crippen LogP contribution in [0.2, 0.25) is 0 Å². The van der Waals surface area contributed by atoms with Crippen LogP contribution in [0, 0.1) is 5.82 Å². The molecule has 0 aliphatic rings. The maximum Gasteiger partial charge on any atom is 0.341 e. The zero-order chi connectivity index (χ0) is 11.6. The van der Waals surface area contributed by atoms with Crippen molar-refractivity contribution in [1.29, 1.82) is 0 Å². The largest absolute Gasteiger partial charge is 0.465 e. The second-order valence-electron chi connectivity index (χ2n) is 2.57. The number of esters is 1. The predicted octanol–water partition coefficient (Wildman–Crippen LogP) is 1.53. The van der Waals surface area contributed by atoms with Crippen LogP contribution in [0.25, 0.3) is 0 Å². The second kappa shape index (κ2) is 4.16. The van der Waals surface area contributed by atoms with Crippen molar-refractivity contribution in [3.8, 4) is 0 Å². The van der Waals surface area contributed by atoms with Crippen LogP contribution in [0.3, 0.4) is 0 Å². The van der Waals surface area contributed by atoms with E-state index in [1.54, 1.807) is 0 Å². The van der Waals surface area contributed by atoms with E-state index in [4.69, 9.17) is 5.73 Å². The number of aromatic nitrogens is 1. The third-order valence-corrected chi connectivity index (χ3v) is 1.71. The number of ether oxygens (including phenoxy) is 1. The molecule has 1 aromatic rings. The highest BCUT2D eigenvalue weighted by Crippen LogP contribution is 2.29. The lowest BCUT2D eigenvalue weighted by Gasteiger charge is -2.09. The molecule has 2 N–H and O–H groups in total. The van der Waals surface area contributed by atoms with E-state index in [1.165, 1.54) is 0 Å². The minimum Gasteiger partial charge on any atom is -0.465 e. The first-order valence-corrected chi connectivity index (χ1v) is 3.79. The molecule has 0 fully saturated rings. The van der Waals surface area contributed by atoms with Crippen molar-refractivity contribution in [3.05, 3.63) is 23.1 Å². The first kappa shape index (κ1) is 11.3. The van der Waals surface area contributed by atoms with Crippen LogP contribution in [0.15, 0.2) is 6.20 Å². The van der Waals surface area contributed by atoms with E-state index in [1.807, 2.05) is 0 Å². The molecule has 0 radical (unpaired) electrons. The van der Waals surface area contributed by atoms with Crippen molar-refractivity contribution in [2.75, 3.05) is 12.8 Å². The Morgan fingerprint density at radius 1 is 1.60 bits per heavy atom. The van der Waals surface area contributed by atoms with Crippen LogP contribution >= 0.6 is 0 Å². The molecule has 0 saturated carbocycles. The average molecular weight is 220 g/mol. The van der Waals surface area contributed by atoms with Gasteiger partial charge in [0.15, 0.2) is 5.82 Å². The Morgan fingerprint density at radius 3 is 2.67 bits per heavy atom. The fourth-order valence-corrected chi connectivity index (χ4v) is 1.05. The van der Waals surface area contributed by atoms with Gasteiger partial charge in [-0.1, -0.05) is 0 Å². The normalized spacial score (nSPS) is 10.5. The van der Waals surface area contributed by atoms with Crippen LogP contribution in [0.1, 0.15) is 22.3 Å². The maximum absolute atomic E-state index is 13.1. The lowest BCUT2D eigenvalue weighted by Crippen LogP contribution is -2.13. The van der Waals surface area contributed by atoms with Gasteiger partial charge in [-0.2, -0.15) is 0 Å². The van der Waals surface area contributed by atoms with Gasteiger partial charge in [-0.15, -0.1) is 0 Å². The van der Waals surface area contributed by atoms with Gasteiger partial charge in [0.1, 0.15) is 11.4 Å². The van der Waals surface area contributed by atoms with Crippen molar-refractivity contribution < 1.29 is 22.7 Å². The Kier molecular flexibility index (Phi) is 3.13. The van der Waals surface area contributed by atoms with Gasteiger partial charge in [-0.25, -0.2) is 22.9 Å². The number of methoxy groups -OCH3 is 1. The van der Waals surface area contributed by atoms with E-state index in [-0.39, 0.29) is 0 Å². The molecular formula is C8H7F3N2O2. The average Bonchev–Trinajstić information content (AvgIpc) is 2.19. The monoisotopic (exact) mass is 220 g/mol. The number of hydrogen-bond donors (Lipinski definition) is 1. The molecule has 7 heteroatoms. The number of carbonyl (C=O) groups excluding carboxylic acids is 1. The molecule has 0 spiro atoms. The van der Waals surface area contributed by atoms with Crippen molar-refractivity contribution in [3.63, 3.8) is 0 Å². The fourth-order valence-electron chi connectivity index (χ4n) is 1.05. The van der Waals surface area contributed by atoms with Crippen molar-refractivity contribution >= 4 is 11.8 Å². The highest BCUT2D eigenvalue weighted by molar-refractivity contribution is 5.92. The smallest absolute Gasteiger partial charge is 0.341 e. The minimum atomic E-state index is -3.10. The summed E-state index contributed by atoms with van der Waals surface area (Å²) in [6.07, 6.45) is -2.50. The number of nitrogens with zero attached hydrogens (tertiary/aromatic N) is 1. The first-order chi connectivity index (χ1) is 6.99. The highest BCUT2D eigenvalue weighted by atomic mass is 19.3. The number of hydrogen-bond acceptors (Lipinski definition) is 4. The van der Waals surface area contributed by atoms with Gasteiger partial charge in [0, 0.05) is 0 Å². The second-order valence-corrected chi connectivity index (χ2v) is 2.57. The summed E-state index contributed by atoms with van der Waals surface area (Å²) in [6.45, 7) is 0. The Balaban J connectivity index is 3.45. The summed E-state index contributed by atoms with van der Waals surface area (Å²) in [5, 5.41) is 0. The number of rotatable bonds is 2. The number of halogens is 3. The number of nitrogen functional groups attached to an aromatic ring is 1. The molecule has 82 valence electrons. The van der Waals surface area contributed by atoms with Gasteiger partial charge in [0.25, 0.3) is 6.43 Å². The molecule has 0 bridgehead atoms. The molecule has 0 saturated heterocycles. The molecular weight excluding hydrogens is 213 g/mol. The summed E-state index contributed by atoms with van der Waals surface area (Å²) in [7, 11) is 0.952. The maximum atomic E-state index is 13.1. The van der Waals surface area contributed by atoms with Crippen LogP contribution in [0.5, 0.6) is 0 Å². The molecule has 0 aliphatic heterocycles. The Hall–Kier alpha value is -1.79. The molecule has 0 amide bonds. The quantitative estimate of drug-likeness (QED) is 0.767. The first-order valence-electron chi connectivity index (χ1n) is 3.79. The van der Waals surface area contributed by atoms with E-state index in [0.717, 1.165) is 7.11 Å². The van der Waals surface area contributed by atoms with Gasteiger partial charge in [-0.3, -0.25) is 0 Å². The van der Waals surface area contributed by atoms with Gasteiger partial charge < -0.3 is 10.5 Å². The van der Waals surface area contributed by atoms with Crippen LogP contribution in [0.4, 0.5) is 19.0 Å². The number of alkyl halides is 2. The summed E-state index contributed by atoms with van der Waals surface area (Å²) < 4.78 is 42.2. The molecule has 0 aromatic carbocycles. The van der Waals surface area contributed by atoms with E-state index < -0.39 is 35.2 Å². The number of pyridine rings is 1. The van der Waals surface area contributed by atoms with E-state index in [9.17, 15) is 18.0 Å². The van der Waals surface area contributed by atoms with Gasteiger partial charge in [0.05, 0.1) is 18.9 Å². The Bertz CT molecular complexity index is 396. The highest BCUT2D eigenvalue weighted by Gasteiger charge is 2.26. The Labute approximate surface area is 82.9 Å². The van der Waals surface area contributed by atoms with E-state index in [0.29, 0.717) is 6.20 Å². The molecule has 1 aromatic heterocycles. The van der Waals surface area contributed by atoms with Gasteiger partial charge in [0.2, 0.25) is 0 Å². The lowest BCUT2D eigenvalue weighted by molar-refractivity contribution is 0.0583. The van der Waals surface area contributed by atoms with E-state index in [2.05, 4.69) is 9.72 Å². The SMILES string of the molecule is COC(=O)c1c(F)cnc(N)c1C(F)F. The molecule has 0 atom stereocenters. The molecule has 15 heavy (non-hydrogen) atoms. The lowest BCUT2D eigenvalue weighted by atomic mass is 10.1. The third-order valence-electron chi connectivity index (χ3n) is 1.71. The summed E-state index contributed by atoms with van der Waals surface area (Å²) in [5.74, 6) is -2.99. The predicted molar refractivity (Wildman–Crippen MR) is 44.9 cm³/mol. The number of carbonyl (C=O) groups is 1. The zero-order valence-corrected chi connectivity index (χ0v) is 7.63. The summed E-state index contributed by atoms with van der Waals surface area (Å²) >= 11 is 0. The third kappa shape index (κ3) is 2.00. The van der Waals surface area contributed by atoms with Crippen LogP contribution in [-0.2, 0) is 4.74 Å². The van der Waals surface area contributed by atoms with Crippen molar-refractivity contribution in [2.45, 2.75) is 6.43 Å². The van der Waals surface area contributed by atoms with Gasteiger partial charge >= 0.3 is 5.97 Å². The standard InChI is InChI=1S/C8H7F3N2O2/c1-15-8(14)4-3(9)2-13-7(12)5(4)6(10)11/h2,6H,1H3,(H2,12,13). The summed E-state index contributed by atoms with van der Waals surface area (Å²) in [4.78, 5) is 14.2. The molecule has 0 aliphatic carbocycles. The number of nitrogens with two attached hydrogens (primary N) is 1. The van der Waals surface area contributed by atoms with Crippen LogP contribution in [-0.4, -0.2) is 18.1 Å². The number of anilines is 1. The molecule has 1 rings (SSSR count). The minimum absolute atomic E-state index is 0.591. The van der Waals surface area contributed by atoms with E-state index >= 15 is 0 Å². The molecule has 0 unspecified atom stereocenters. The summed E-state index contributed by atoms with van der Waals surface area (Å²) in [6, 6.07) is 0. The summed E-state index contributed by atoms with van der Waals surface area (Å²) in [5.41, 5.74) is 3.30. The van der Waals surface area contributed by atoms with Crippen molar-refractivity contribution in [1.82, 2.24) is 4.98 Å². The fraction of sp³-hybridized carbons (Fsp3) is 0.250. The Morgan fingerprint density at radius 2 is 2.20 bits per heavy atom. The topological polar surface area (TPSA) is 65.2 Å². The van der Waals surface area contributed by atoms with Crippen molar-refractivity contribution in [2.24, 2.45) is 0 Å².